The molecule has 0 unspecified atom stereocenters. The van der Waals surface area contributed by atoms with Crippen LogP contribution in [0.1, 0.15) is 25.3 Å². The van der Waals surface area contributed by atoms with Gasteiger partial charge in [0.25, 0.3) is 0 Å². The van der Waals surface area contributed by atoms with Gasteiger partial charge in [-0.3, -0.25) is 0 Å². The first-order chi connectivity index (χ1) is 10.1. The Morgan fingerprint density at radius 1 is 0.857 bits per heavy atom. The monoisotopic (exact) mass is 412 g/mol. The van der Waals surface area contributed by atoms with Crippen molar-refractivity contribution in [2.45, 2.75) is 19.8 Å². The van der Waals surface area contributed by atoms with E-state index in [4.69, 9.17) is 9.47 Å². The first-order valence-electron chi connectivity index (χ1n) is 6.87. The van der Waals surface area contributed by atoms with Gasteiger partial charge in [0, 0.05) is 8.95 Å². The van der Waals surface area contributed by atoms with Crippen molar-refractivity contribution in [1.29, 1.82) is 0 Å². The highest BCUT2D eigenvalue weighted by atomic mass is 79.9. The first kappa shape index (κ1) is 16.4. The summed E-state index contributed by atoms with van der Waals surface area (Å²) in [6.07, 6.45) is 0. The summed E-state index contributed by atoms with van der Waals surface area (Å²) < 4.78 is 13.6. The van der Waals surface area contributed by atoms with Crippen LogP contribution in [0, 0.1) is 0 Å². The van der Waals surface area contributed by atoms with Gasteiger partial charge >= 0.3 is 0 Å². The largest absolute Gasteiger partial charge is 0.490 e. The van der Waals surface area contributed by atoms with Crippen LogP contribution in [0.3, 0.4) is 0 Å². The van der Waals surface area contributed by atoms with Gasteiger partial charge in [-0.05, 0) is 53.9 Å². The minimum absolute atomic E-state index is 0.421. The summed E-state index contributed by atoms with van der Waals surface area (Å²) >= 11 is 6.90. The van der Waals surface area contributed by atoms with E-state index in [9.17, 15) is 0 Å². The summed E-state index contributed by atoms with van der Waals surface area (Å²) in [5, 5.41) is 0. The lowest BCUT2D eigenvalue weighted by Crippen LogP contribution is -2.10. The summed E-state index contributed by atoms with van der Waals surface area (Å²) in [5.41, 5.74) is 1.20. The van der Waals surface area contributed by atoms with E-state index < -0.39 is 0 Å². The fourth-order valence-electron chi connectivity index (χ4n) is 1.94. The molecule has 0 fully saturated rings. The summed E-state index contributed by atoms with van der Waals surface area (Å²) in [4.78, 5) is 0. The Morgan fingerprint density at radius 2 is 1.48 bits per heavy atom. The summed E-state index contributed by atoms with van der Waals surface area (Å²) in [6, 6.07) is 13.9. The van der Waals surface area contributed by atoms with Crippen LogP contribution in [0.5, 0.6) is 11.5 Å². The molecule has 0 aromatic heterocycles. The number of halogens is 2. The SMILES string of the molecule is CC(C)c1cc(Br)ccc1OCCOc1ccc(Br)cc1. The predicted molar refractivity (Wildman–Crippen MR) is 93.4 cm³/mol. The second-order valence-electron chi connectivity index (χ2n) is 4.99. The van der Waals surface area contributed by atoms with Crippen molar-refractivity contribution in [3.8, 4) is 11.5 Å². The van der Waals surface area contributed by atoms with E-state index in [0.717, 1.165) is 20.4 Å². The highest BCUT2D eigenvalue weighted by molar-refractivity contribution is 9.10. The zero-order valence-corrected chi connectivity index (χ0v) is 15.3. The van der Waals surface area contributed by atoms with Crippen molar-refractivity contribution in [3.63, 3.8) is 0 Å². The third-order valence-electron chi connectivity index (χ3n) is 3.02. The second-order valence-corrected chi connectivity index (χ2v) is 6.82. The van der Waals surface area contributed by atoms with E-state index in [-0.39, 0.29) is 0 Å². The van der Waals surface area contributed by atoms with Crippen LogP contribution < -0.4 is 9.47 Å². The predicted octanol–water partition coefficient (Wildman–Crippen LogP) is 5.79. The highest BCUT2D eigenvalue weighted by Gasteiger charge is 2.08. The average Bonchev–Trinajstić information content (AvgIpc) is 2.46. The van der Waals surface area contributed by atoms with Gasteiger partial charge in [0.05, 0.1) is 0 Å². The molecule has 112 valence electrons. The molecule has 0 spiro atoms. The summed E-state index contributed by atoms with van der Waals surface area (Å²) in [6.45, 7) is 5.37. The van der Waals surface area contributed by atoms with Crippen molar-refractivity contribution < 1.29 is 9.47 Å². The molecule has 4 heteroatoms. The summed E-state index contributed by atoms with van der Waals surface area (Å²) in [5.74, 6) is 2.19. The molecule has 0 amide bonds. The molecule has 21 heavy (non-hydrogen) atoms. The Balaban J connectivity index is 1.87. The fraction of sp³-hybridized carbons (Fsp3) is 0.294. The van der Waals surface area contributed by atoms with Gasteiger partial charge in [-0.2, -0.15) is 0 Å². The Labute approximate surface area is 142 Å². The Kier molecular flexibility index (Phi) is 6.12. The molecule has 0 aliphatic carbocycles. The van der Waals surface area contributed by atoms with Gasteiger partial charge in [0.1, 0.15) is 24.7 Å². The van der Waals surface area contributed by atoms with Crippen LogP contribution in [0.25, 0.3) is 0 Å². The van der Waals surface area contributed by atoms with Crippen molar-refractivity contribution >= 4 is 31.9 Å². The van der Waals surface area contributed by atoms with E-state index in [1.807, 2.05) is 36.4 Å². The van der Waals surface area contributed by atoms with E-state index in [0.29, 0.717) is 19.1 Å². The van der Waals surface area contributed by atoms with Crippen LogP contribution in [0.15, 0.2) is 51.4 Å². The third kappa shape index (κ3) is 5.04. The van der Waals surface area contributed by atoms with Crippen LogP contribution >= 0.6 is 31.9 Å². The Hall–Kier alpha value is -1.000. The third-order valence-corrected chi connectivity index (χ3v) is 4.04. The van der Waals surface area contributed by atoms with Crippen LogP contribution in [-0.4, -0.2) is 13.2 Å². The zero-order valence-electron chi connectivity index (χ0n) is 12.1. The summed E-state index contributed by atoms with van der Waals surface area (Å²) in [7, 11) is 0. The lowest BCUT2D eigenvalue weighted by molar-refractivity contribution is 0.215. The molecule has 0 aliphatic rings. The van der Waals surface area contributed by atoms with Crippen LogP contribution in [-0.2, 0) is 0 Å². The number of hydrogen-bond donors (Lipinski definition) is 0. The maximum Gasteiger partial charge on any atom is 0.123 e. The lowest BCUT2D eigenvalue weighted by atomic mass is 10.0. The molecule has 0 saturated heterocycles. The minimum Gasteiger partial charge on any atom is -0.490 e. The molecule has 0 atom stereocenters. The van der Waals surface area contributed by atoms with E-state index in [1.165, 1.54) is 5.56 Å². The zero-order chi connectivity index (χ0) is 15.2. The molecule has 2 aromatic carbocycles. The molecule has 0 heterocycles. The molecule has 0 bridgehead atoms. The highest BCUT2D eigenvalue weighted by Crippen LogP contribution is 2.29. The van der Waals surface area contributed by atoms with Crippen LogP contribution in [0.2, 0.25) is 0 Å². The number of ether oxygens (including phenoxy) is 2. The van der Waals surface area contributed by atoms with Crippen molar-refractivity contribution in [2.24, 2.45) is 0 Å². The molecule has 0 N–H and O–H groups in total. The van der Waals surface area contributed by atoms with E-state index >= 15 is 0 Å². The number of rotatable bonds is 6. The van der Waals surface area contributed by atoms with Crippen molar-refractivity contribution in [2.75, 3.05) is 13.2 Å². The number of hydrogen-bond acceptors (Lipinski definition) is 2. The van der Waals surface area contributed by atoms with Crippen LogP contribution in [0.4, 0.5) is 0 Å². The minimum atomic E-state index is 0.421. The molecule has 0 saturated carbocycles. The smallest absolute Gasteiger partial charge is 0.123 e. The van der Waals surface area contributed by atoms with Gasteiger partial charge in [-0.15, -0.1) is 0 Å². The quantitative estimate of drug-likeness (QED) is 0.557. The first-order valence-corrected chi connectivity index (χ1v) is 8.45. The standard InChI is InChI=1S/C17H18Br2O2/c1-12(2)16-11-14(19)5-8-17(16)21-10-9-20-15-6-3-13(18)4-7-15/h3-8,11-12H,9-10H2,1-2H3. The van der Waals surface area contributed by atoms with Gasteiger partial charge in [0.2, 0.25) is 0 Å². The molecular weight excluding hydrogens is 396 g/mol. The maximum atomic E-state index is 5.84. The van der Waals surface area contributed by atoms with Gasteiger partial charge in [0.15, 0.2) is 0 Å². The Bertz CT molecular complexity index is 580. The molecule has 2 aromatic rings. The Morgan fingerprint density at radius 3 is 2.14 bits per heavy atom. The molecular formula is C17H18Br2O2. The van der Waals surface area contributed by atoms with Crippen molar-refractivity contribution in [3.05, 3.63) is 57.0 Å². The van der Waals surface area contributed by atoms with E-state index in [1.54, 1.807) is 0 Å². The molecule has 2 rings (SSSR count). The fourth-order valence-corrected chi connectivity index (χ4v) is 2.59. The van der Waals surface area contributed by atoms with Gasteiger partial charge in [-0.25, -0.2) is 0 Å². The molecule has 2 nitrogen and oxygen atoms in total. The second kappa shape index (κ2) is 7.85. The normalized spacial score (nSPS) is 10.7. The lowest BCUT2D eigenvalue weighted by Gasteiger charge is -2.15. The van der Waals surface area contributed by atoms with Gasteiger partial charge in [-0.1, -0.05) is 45.7 Å². The van der Waals surface area contributed by atoms with E-state index in [2.05, 4.69) is 51.8 Å². The number of benzene rings is 2. The maximum absolute atomic E-state index is 5.84. The average molecular weight is 414 g/mol. The topological polar surface area (TPSA) is 18.5 Å². The molecule has 0 radical (unpaired) electrons. The van der Waals surface area contributed by atoms with Gasteiger partial charge < -0.3 is 9.47 Å². The van der Waals surface area contributed by atoms with Crippen molar-refractivity contribution in [1.82, 2.24) is 0 Å². The molecule has 0 aliphatic heterocycles.